The van der Waals surface area contributed by atoms with E-state index in [0.717, 1.165) is 29.6 Å². The highest BCUT2D eigenvalue weighted by atomic mass is 16.1. The molecule has 0 aliphatic rings. The summed E-state index contributed by atoms with van der Waals surface area (Å²) in [6.45, 7) is 1.72. The number of nitrogens with two attached hydrogens (primary N) is 1. The van der Waals surface area contributed by atoms with Crippen LogP contribution in [0, 0.1) is 0 Å². The first kappa shape index (κ1) is 12.6. The highest BCUT2D eigenvalue weighted by Gasteiger charge is 2.04. The molecular formula is C17H17N2O+. The van der Waals surface area contributed by atoms with Gasteiger partial charge in [0, 0.05) is 28.1 Å². The molecule has 3 aromatic rings. The molecule has 0 bridgehead atoms. The predicted octanol–water partition coefficient (Wildman–Crippen LogP) is 1.79. The van der Waals surface area contributed by atoms with E-state index in [1.807, 2.05) is 36.4 Å². The molecule has 0 radical (unpaired) electrons. The van der Waals surface area contributed by atoms with Gasteiger partial charge in [0.2, 0.25) is 5.56 Å². The highest BCUT2D eigenvalue weighted by Crippen LogP contribution is 2.13. The summed E-state index contributed by atoms with van der Waals surface area (Å²) in [6.07, 6.45) is 0. The van der Waals surface area contributed by atoms with Gasteiger partial charge < -0.3 is 10.3 Å². The van der Waals surface area contributed by atoms with Crippen molar-refractivity contribution in [2.75, 3.05) is 0 Å². The monoisotopic (exact) mass is 265 g/mol. The average molecular weight is 265 g/mol. The number of H-pyrrole nitrogens is 1. The average Bonchev–Trinajstić information content (AvgIpc) is 2.48. The Kier molecular flexibility index (Phi) is 3.61. The molecule has 3 rings (SSSR count). The Morgan fingerprint density at radius 3 is 2.50 bits per heavy atom. The van der Waals surface area contributed by atoms with Gasteiger partial charge in [0.25, 0.3) is 0 Å². The van der Waals surface area contributed by atoms with Crippen molar-refractivity contribution in [3.63, 3.8) is 0 Å². The zero-order chi connectivity index (χ0) is 13.8. The number of rotatable bonds is 4. The molecular weight excluding hydrogens is 248 g/mol. The molecule has 1 aromatic heterocycles. The zero-order valence-electron chi connectivity index (χ0n) is 11.2. The summed E-state index contributed by atoms with van der Waals surface area (Å²) in [6, 6.07) is 20.0. The Labute approximate surface area is 117 Å². The number of para-hydroxylation sites is 1. The summed E-state index contributed by atoms with van der Waals surface area (Å²) in [5.74, 6) is 0. The van der Waals surface area contributed by atoms with Gasteiger partial charge in [-0.2, -0.15) is 0 Å². The number of aromatic nitrogens is 1. The second-order valence-corrected chi connectivity index (χ2v) is 4.89. The minimum Gasteiger partial charge on any atom is -0.339 e. The lowest BCUT2D eigenvalue weighted by Crippen LogP contribution is -2.80. The lowest BCUT2D eigenvalue weighted by Gasteiger charge is -2.05. The van der Waals surface area contributed by atoms with Crippen LogP contribution in [0.15, 0.2) is 65.5 Å². The minimum absolute atomic E-state index is 0.0354. The predicted molar refractivity (Wildman–Crippen MR) is 80.3 cm³/mol. The van der Waals surface area contributed by atoms with Crippen molar-refractivity contribution < 1.29 is 5.32 Å². The van der Waals surface area contributed by atoms with E-state index in [2.05, 4.69) is 28.5 Å². The molecule has 0 saturated heterocycles. The molecule has 3 nitrogen and oxygen atoms in total. The van der Waals surface area contributed by atoms with Crippen molar-refractivity contribution in [3.05, 3.63) is 82.1 Å². The maximum Gasteiger partial charge on any atom is 0.248 e. The van der Waals surface area contributed by atoms with E-state index in [4.69, 9.17) is 0 Å². The fourth-order valence-electron chi connectivity index (χ4n) is 2.45. The van der Waals surface area contributed by atoms with E-state index in [-0.39, 0.29) is 5.56 Å². The van der Waals surface area contributed by atoms with Crippen LogP contribution in [0.5, 0.6) is 0 Å². The Hall–Kier alpha value is -2.39. The molecule has 1 heterocycles. The molecule has 100 valence electrons. The van der Waals surface area contributed by atoms with E-state index in [0.29, 0.717) is 0 Å². The van der Waals surface area contributed by atoms with Crippen LogP contribution in [0.3, 0.4) is 0 Å². The zero-order valence-corrected chi connectivity index (χ0v) is 11.2. The fourth-order valence-corrected chi connectivity index (χ4v) is 2.45. The number of nitrogens with one attached hydrogen (secondary N) is 1. The third kappa shape index (κ3) is 2.78. The van der Waals surface area contributed by atoms with Crippen LogP contribution in [0.1, 0.15) is 11.1 Å². The lowest BCUT2D eigenvalue weighted by atomic mass is 10.1. The summed E-state index contributed by atoms with van der Waals surface area (Å²) in [7, 11) is 0. The molecule has 0 unspecified atom stereocenters. The SMILES string of the molecule is O=c1cc(C[NH2+]Cc2ccccc2)c2ccccc2[nH]1. The molecule has 0 fully saturated rings. The van der Waals surface area contributed by atoms with Crippen LogP contribution in [0.25, 0.3) is 10.9 Å². The van der Waals surface area contributed by atoms with Gasteiger partial charge in [-0.25, -0.2) is 0 Å². The van der Waals surface area contributed by atoms with Crippen LogP contribution >= 0.6 is 0 Å². The van der Waals surface area contributed by atoms with Crippen LogP contribution in [0.2, 0.25) is 0 Å². The van der Waals surface area contributed by atoms with Gasteiger partial charge >= 0.3 is 0 Å². The normalized spacial score (nSPS) is 10.8. The number of pyridine rings is 1. The number of aromatic amines is 1. The molecule has 0 atom stereocenters. The number of hydrogen-bond donors (Lipinski definition) is 2. The van der Waals surface area contributed by atoms with Gasteiger partial charge in [0.05, 0.1) is 0 Å². The molecule has 3 N–H and O–H groups in total. The van der Waals surface area contributed by atoms with Crippen molar-refractivity contribution in [3.8, 4) is 0 Å². The van der Waals surface area contributed by atoms with Crippen molar-refractivity contribution in [2.45, 2.75) is 13.1 Å². The second kappa shape index (κ2) is 5.72. The van der Waals surface area contributed by atoms with Crippen LogP contribution in [-0.4, -0.2) is 4.98 Å². The smallest absolute Gasteiger partial charge is 0.248 e. The van der Waals surface area contributed by atoms with E-state index in [1.165, 1.54) is 5.56 Å². The Bertz CT molecular complexity index is 763. The first-order valence-corrected chi connectivity index (χ1v) is 6.79. The van der Waals surface area contributed by atoms with Gasteiger partial charge in [-0.15, -0.1) is 0 Å². The van der Waals surface area contributed by atoms with E-state index in [9.17, 15) is 4.79 Å². The molecule has 3 heteroatoms. The maximum absolute atomic E-state index is 11.7. The van der Waals surface area contributed by atoms with Gasteiger partial charge in [0.15, 0.2) is 0 Å². The number of benzene rings is 2. The van der Waals surface area contributed by atoms with Crippen LogP contribution < -0.4 is 10.9 Å². The quantitative estimate of drug-likeness (QED) is 0.742. The van der Waals surface area contributed by atoms with Gasteiger partial charge in [-0.1, -0.05) is 48.5 Å². The van der Waals surface area contributed by atoms with Crippen molar-refractivity contribution >= 4 is 10.9 Å². The molecule has 2 aromatic carbocycles. The third-order valence-corrected chi connectivity index (χ3v) is 3.42. The third-order valence-electron chi connectivity index (χ3n) is 3.42. The lowest BCUT2D eigenvalue weighted by molar-refractivity contribution is -0.686. The standard InChI is InChI=1S/C17H16N2O/c20-17-10-14(15-8-4-5-9-16(15)19-17)12-18-11-13-6-2-1-3-7-13/h1-10,18H,11-12H2,(H,19,20)/p+1. The summed E-state index contributed by atoms with van der Waals surface area (Å²) < 4.78 is 0. The molecule has 0 spiro atoms. The number of quaternary nitrogens is 1. The highest BCUT2D eigenvalue weighted by molar-refractivity contribution is 5.81. The van der Waals surface area contributed by atoms with Crippen molar-refractivity contribution in [2.24, 2.45) is 0 Å². The fraction of sp³-hybridized carbons (Fsp3) is 0.118. The largest absolute Gasteiger partial charge is 0.339 e. The van der Waals surface area contributed by atoms with Crippen LogP contribution in [-0.2, 0) is 13.1 Å². The molecule has 0 saturated carbocycles. The van der Waals surface area contributed by atoms with E-state index >= 15 is 0 Å². The Morgan fingerprint density at radius 2 is 1.65 bits per heavy atom. The summed E-state index contributed by atoms with van der Waals surface area (Å²) >= 11 is 0. The molecule has 0 aliphatic heterocycles. The van der Waals surface area contributed by atoms with Gasteiger partial charge in [0.1, 0.15) is 13.1 Å². The van der Waals surface area contributed by atoms with E-state index in [1.54, 1.807) is 6.07 Å². The molecule has 0 aliphatic carbocycles. The first-order valence-electron chi connectivity index (χ1n) is 6.79. The number of fused-ring (bicyclic) bond motifs is 1. The van der Waals surface area contributed by atoms with Gasteiger partial charge in [-0.05, 0) is 6.07 Å². The first-order chi connectivity index (χ1) is 9.83. The summed E-state index contributed by atoms with van der Waals surface area (Å²) in [5, 5.41) is 3.34. The summed E-state index contributed by atoms with van der Waals surface area (Å²) in [4.78, 5) is 14.5. The summed E-state index contributed by atoms with van der Waals surface area (Å²) in [5.41, 5.74) is 3.25. The van der Waals surface area contributed by atoms with Crippen molar-refractivity contribution in [1.29, 1.82) is 0 Å². The number of hydrogen-bond acceptors (Lipinski definition) is 1. The Morgan fingerprint density at radius 1 is 0.900 bits per heavy atom. The minimum atomic E-state index is -0.0354. The second-order valence-electron chi connectivity index (χ2n) is 4.89. The van der Waals surface area contributed by atoms with Crippen LogP contribution in [0.4, 0.5) is 0 Å². The molecule has 20 heavy (non-hydrogen) atoms. The maximum atomic E-state index is 11.7. The Balaban J connectivity index is 1.79. The topological polar surface area (TPSA) is 49.5 Å². The van der Waals surface area contributed by atoms with E-state index < -0.39 is 0 Å². The van der Waals surface area contributed by atoms with Gasteiger partial charge in [-0.3, -0.25) is 4.79 Å². The van der Waals surface area contributed by atoms with Crippen molar-refractivity contribution in [1.82, 2.24) is 4.98 Å². The molecule has 0 amide bonds.